The van der Waals surface area contributed by atoms with Gasteiger partial charge in [-0.25, -0.2) is 0 Å². The normalized spacial score (nSPS) is 13.7. The summed E-state index contributed by atoms with van der Waals surface area (Å²) < 4.78 is 55.7. The number of carbonyl (C=O) groups is 2. The highest BCUT2D eigenvalue weighted by Gasteiger charge is 2.30. The molecule has 0 radical (unpaired) electrons. The van der Waals surface area contributed by atoms with Crippen LogP contribution in [-0.4, -0.2) is 30.3 Å². The molecule has 0 unspecified atom stereocenters. The molecule has 0 aliphatic carbocycles. The van der Waals surface area contributed by atoms with E-state index in [-0.39, 0.29) is 23.7 Å². The molecule has 2 aromatic carbocycles. The first-order valence-electron chi connectivity index (χ1n) is 8.52. The molecular weight excluding hydrogens is 425 g/mol. The molecule has 1 aromatic heterocycles. The van der Waals surface area contributed by atoms with E-state index in [1.807, 2.05) is 0 Å². The number of hydrogen-bond donors (Lipinski definition) is 0. The molecule has 0 saturated carbocycles. The minimum absolute atomic E-state index is 0.0146. The highest BCUT2D eigenvalue weighted by Crippen LogP contribution is 2.37. The molecule has 2 heterocycles. The summed E-state index contributed by atoms with van der Waals surface area (Å²) >= 11 is 1.12. The van der Waals surface area contributed by atoms with Crippen LogP contribution in [0.4, 0.5) is 13.2 Å². The number of halogens is 3. The van der Waals surface area contributed by atoms with Gasteiger partial charge in [0.25, 0.3) is 5.91 Å². The van der Waals surface area contributed by atoms with E-state index in [1.165, 1.54) is 11.7 Å². The zero-order valence-corrected chi connectivity index (χ0v) is 16.2. The number of thiazole rings is 1. The minimum atomic E-state index is -4.50. The van der Waals surface area contributed by atoms with Crippen molar-refractivity contribution in [2.75, 3.05) is 13.9 Å². The van der Waals surface area contributed by atoms with Crippen molar-refractivity contribution in [3.63, 3.8) is 0 Å². The average Bonchev–Trinajstić information content (AvgIpc) is 3.29. The van der Waals surface area contributed by atoms with E-state index >= 15 is 0 Å². The Morgan fingerprint density at radius 1 is 1.17 bits per heavy atom. The summed E-state index contributed by atoms with van der Waals surface area (Å²) in [6.07, 6.45) is -4.50. The largest absolute Gasteiger partial charge is 0.468 e. The smallest absolute Gasteiger partial charge is 0.416 e. The predicted octanol–water partition coefficient (Wildman–Crippen LogP) is 3.36. The molecule has 0 N–H and O–H groups in total. The first-order valence-corrected chi connectivity index (χ1v) is 9.34. The van der Waals surface area contributed by atoms with Crippen LogP contribution >= 0.6 is 11.3 Å². The lowest BCUT2D eigenvalue weighted by molar-refractivity contribution is -0.141. The van der Waals surface area contributed by atoms with Crippen LogP contribution in [-0.2, 0) is 22.3 Å². The Labute approximate surface area is 170 Å². The Hall–Kier alpha value is -3.34. The van der Waals surface area contributed by atoms with E-state index < -0.39 is 23.6 Å². The van der Waals surface area contributed by atoms with Gasteiger partial charge in [0, 0.05) is 17.7 Å². The lowest BCUT2D eigenvalue weighted by atomic mass is 10.1. The third kappa shape index (κ3) is 3.75. The molecular formula is C19H13F3N2O5S. The van der Waals surface area contributed by atoms with Crippen molar-refractivity contribution in [2.45, 2.75) is 12.7 Å². The maximum atomic E-state index is 12.7. The van der Waals surface area contributed by atoms with Gasteiger partial charge in [-0.2, -0.15) is 18.2 Å². The van der Waals surface area contributed by atoms with Crippen LogP contribution in [0.5, 0.6) is 11.5 Å². The maximum Gasteiger partial charge on any atom is 0.416 e. The van der Waals surface area contributed by atoms with Gasteiger partial charge in [0.2, 0.25) is 6.79 Å². The first kappa shape index (κ1) is 20.0. The second kappa shape index (κ2) is 7.48. The van der Waals surface area contributed by atoms with Gasteiger partial charge in [-0.3, -0.25) is 9.59 Å². The van der Waals surface area contributed by atoms with E-state index in [0.717, 1.165) is 35.6 Å². The third-order valence-corrected chi connectivity index (χ3v) is 5.39. The molecule has 1 amide bonds. The van der Waals surface area contributed by atoms with E-state index in [4.69, 9.17) is 14.2 Å². The van der Waals surface area contributed by atoms with Gasteiger partial charge < -0.3 is 18.8 Å². The summed E-state index contributed by atoms with van der Waals surface area (Å²) in [6.45, 7) is -0.136. The fourth-order valence-electron chi connectivity index (χ4n) is 2.84. The fourth-order valence-corrected chi connectivity index (χ4v) is 3.88. The predicted molar refractivity (Wildman–Crippen MR) is 99.3 cm³/mol. The summed E-state index contributed by atoms with van der Waals surface area (Å²) in [7, 11) is 1.23. The number of amides is 1. The standard InChI is InChI=1S/C19H13F3N2O5S/c1-27-16(25)8-24-12-6-13-14(29-9-28-13)7-15(12)30-18(24)23-17(26)10-2-4-11(5-3-10)19(20,21)22/h2-7H,8-9H2,1H3. The molecule has 3 aromatic rings. The van der Waals surface area contributed by atoms with Crippen molar-refractivity contribution in [3.8, 4) is 11.5 Å². The Kier molecular flexibility index (Phi) is 4.98. The van der Waals surface area contributed by atoms with Gasteiger partial charge in [-0.05, 0) is 24.3 Å². The minimum Gasteiger partial charge on any atom is -0.468 e. The number of fused-ring (bicyclic) bond motifs is 2. The number of esters is 1. The molecule has 30 heavy (non-hydrogen) atoms. The monoisotopic (exact) mass is 438 g/mol. The highest BCUT2D eigenvalue weighted by atomic mass is 32.1. The molecule has 156 valence electrons. The molecule has 0 bridgehead atoms. The maximum absolute atomic E-state index is 12.7. The molecule has 1 aliphatic rings. The second-order valence-electron chi connectivity index (χ2n) is 6.21. The topological polar surface area (TPSA) is 79.1 Å². The van der Waals surface area contributed by atoms with Crippen LogP contribution < -0.4 is 14.3 Å². The van der Waals surface area contributed by atoms with E-state index in [9.17, 15) is 22.8 Å². The third-order valence-electron chi connectivity index (χ3n) is 4.35. The van der Waals surface area contributed by atoms with E-state index in [1.54, 1.807) is 12.1 Å². The van der Waals surface area contributed by atoms with Crippen molar-refractivity contribution < 1.29 is 37.0 Å². The number of nitrogens with zero attached hydrogens (tertiary/aromatic N) is 2. The molecule has 1 aliphatic heterocycles. The van der Waals surface area contributed by atoms with Crippen molar-refractivity contribution in [1.82, 2.24) is 4.57 Å². The van der Waals surface area contributed by atoms with Gasteiger partial charge in [-0.15, -0.1) is 0 Å². The summed E-state index contributed by atoms with van der Waals surface area (Å²) in [5, 5.41) is 0. The van der Waals surface area contributed by atoms with Gasteiger partial charge in [-0.1, -0.05) is 11.3 Å². The molecule has 0 saturated heterocycles. The number of ether oxygens (including phenoxy) is 3. The summed E-state index contributed by atoms with van der Waals surface area (Å²) in [5.41, 5.74) is -0.302. The Balaban J connectivity index is 1.78. The SMILES string of the molecule is COC(=O)Cn1c(=NC(=O)c2ccc(C(F)(F)F)cc2)sc2cc3c(cc21)OCO3. The van der Waals surface area contributed by atoms with Crippen LogP contribution in [0.1, 0.15) is 15.9 Å². The molecule has 0 atom stereocenters. The Morgan fingerprint density at radius 2 is 1.83 bits per heavy atom. The van der Waals surface area contributed by atoms with Crippen LogP contribution in [0.15, 0.2) is 41.4 Å². The lowest BCUT2D eigenvalue weighted by Crippen LogP contribution is -2.22. The number of hydrogen-bond acceptors (Lipinski definition) is 6. The summed E-state index contributed by atoms with van der Waals surface area (Å²) in [5.74, 6) is -0.293. The second-order valence-corrected chi connectivity index (χ2v) is 7.22. The fraction of sp³-hybridized carbons (Fsp3) is 0.211. The number of aromatic nitrogens is 1. The van der Waals surface area contributed by atoms with Crippen LogP contribution in [0.2, 0.25) is 0 Å². The highest BCUT2D eigenvalue weighted by molar-refractivity contribution is 7.16. The quantitative estimate of drug-likeness (QED) is 0.586. The van der Waals surface area contributed by atoms with Crippen molar-refractivity contribution >= 4 is 33.4 Å². The molecule has 4 rings (SSSR count). The Bertz CT molecular complexity index is 1210. The van der Waals surface area contributed by atoms with Gasteiger partial charge in [0.15, 0.2) is 16.3 Å². The zero-order chi connectivity index (χ0) is 21.5. The van der Waals surface area contributed by atoms with Crippen LogP contribution in [0.3, 0.4) is 0 Å². The molecule has 0 spiro atoms. The molecule has 11 heteroatoms. The zero-order valence-electron chi connectivity index (χ0n) is 15.4. The number of alkyl halides is 3. The van der Waals surface area contributed by atoms with Gasteiger partial charge >= 0.3 is 12.1 Å². The van der Waals surface area contributed by atoms with Crippen molar-refractivity contribution in [2.24, 2.45) is 4.99 Å². The van der Waals surface area contributed by atoms with Gasteiger partial charge in [0.05, 0.1) is 22.9 Å². The lowest BCUT2D eigenvalue weighted by Gasteiger charge is -2.06. The van der Waals surface area contributed by atoms with Crippen LogP contribution in [0, 0.1) is 0 Å². The number of carbonyl (C=O) groups excluding carboxylic acids is 2. The van der Waals surface area contributed by atoms with Gasteiger partial charge in [0.1, 0.15) is 6.54 Å². The van der Waals surface area contributed by atoms with Crippen LogP contribution in [0.25, 0.3) is 10.2 Å². The van der Waals surface area contributed by atoms with Crippen molar-refractivity contribution in [1.29, 1.82) is 0 Å². The molecule has 7 nitrogen and oxygen atoms in total. The van der Waals surface area contributed by atoms with E-state index in [2.05, 4.69) is 4.99 Å². The summed E-state index contributed by atoms with van der Waals surface area (Å²) in [6, 6.07) is 7.12. The van der Waals surface area contributed by atoms with Crippen molar-refractivity contribution in [3.05, 3.63) is 52.3 Å². The first-order chi connectivity index (χ1) is 14.3. The number of benzene rings is 2. The molecule has 0 fully saturated rings. The number of rotatable bonds is 3. The number of methoxy groups -OCH3 is 1. The Morgan fingerprint density at radius 3 is 2.47 bits per heavy atom. The summed E-state index contributed by atoms with van der Waals surface area (Å²) in [4.78, 5) is 28.6. The van der Waals surface area contributed by atoms with E-state index in [0.29, 0.717) is 21.7 Å². The average molecular weight is 438 g/mol.